The van der Waals surface area contributed by atoms with Crippen LogP contribution in [0.25, 0.3) is 5.69 Å². The van der Waals surface area contributed by atoms with Crippen LogP contribution in [0.3, 0.4) is 0 Å². The molecule has 6 nitrogen and oxygen atoms in total. The van der Waals surface area contributed by atoms with E-state index in [0.29, 0.717) is 17.3 Å². The molecule has 0 unspecified atom stereocenters. The minimum absolute atomic E-state index is 0.0169. The molecule has 0 saturated heterocycles. The second-order valence-electron chi connectivity index (χ2n) is 5.62. The van der Waals surface area contributed by atoms with Gasteiger partial charge in [-0.05, 0) is 47.5 Å². The molecule has 3 rings (SSSR count). The van der Waals surface area contributed by atoms with E-state index >= 15 is 0 Å². The first-order valence-electron chi connectivity index (χ1n) is 7.98. The van der Waals surface area contributed by atoms with Crippen molar-refractivity contribution < 1.29 is 4.79 Å². The smallest absolute Gasteiger partial charge is 0.225 e. The Morgan fingerprint density at radius 3 is 2.56 bits per heavy atom. The average Bonchev–Trinajstić information content (AvgIpc) is 3.06. The number of carbonyl (C=O) groups is 1. The van der Waals surface area contributed by atoms with Gasteiger partial charge in [-0.15, -0.1) is 5.10 Å². The summed E-state index contributed by atoms with van der Waals surface area (Å²) in [5.41, 5.74) is 3.93. The summed E-state index contributed by atoms with van der Waals surface area (Å²) in [6.07, 6.45) is 0.389. The molecular weight excluding hydrogens is 334 g/mol. The first-order chi connectivity index (χ1) is 12.1. The van der Waals surface area contributed by atoms with Crippen LogP contribution in [0.5, 0.6) is 0 Å². The summed E-state index contributed by atoms with van der Waals surface area (Å²) in [5.74, 6) is 0.584. The summed E-state index contributed by atoms with van der Waals surface area (Å²) in [6, 6.07) is 15.7. The monoisotopic (exact) mass is 353 g/mol. The van der Waals surface area contributed by atoms with E-state index < -0.39 is 0 Å². The SMILES string of the molecule is Cc1ccccc1NC(=O)CCSc1nnnn1-c1ccccc1C. The highest BCUT2D eigenvalue weighted by Gasteiger charge is 2.12. The summed E-state index contributed by atoms with van der Waals surface area (Å²) >= 11 is 1.47. The van der Waals surface area contributed by atoms with Gasteiger partial charge in [0.05, 0.1) is 5.69 Å². The molecule has 0 spiro atoms. The number of amides is 1. The Kier molecular flexibility index (Phi) is 5.45. The van der Waals surface area contributed by atoms with E-state index in [9.17, 15) is 4.79 Å². The van der Waals surface area contributed by atoms with Gasteiger partial charge in [-0.3, -0.25) is 4.79 Å². The van der Waals surface area contributed by atoms with E-state index in [0.717, 1.165) is 22.5 Å². The number of benzene rings is 2. The molecule has 1 aromatic heterocycles. The Hall–Kier alpha value is -2.67. The fourth-order valence-corrected chi connectivity index (χ4v) is 3.20. The molecule has 0 radical (unpaired) electrons. The van der Waals surface area contributed by atoms with Crippen LogP contribution in [-0.2, 0) is 4.79 Å². The van der Waals surface area contributed by atoms with E-state index in [4.69, 9.17) is 0 Å². The minimum atomic E-state index is -0.0169. The topological polar surface area (TPSA) is 72.7 Å². The molecule has 0 saturated carbocycles. The van der Waals surface area contributed by atoms with Gasteiger partial charge in [0.1, 0.15) is 0 Å². The average molecular weight is 353 g/mol. The van der Waals surface area contributed by atoms with Gasteiger partial charge < -0.3 is 5.32 Å². The van der Waals surface area contributed by atoms with E-state index in [1.807, 2.05) is 62.4 Å². The molecule has 0 aliphatic heterocycles. The van der Waals surface area contributed by atoms with Gasteiger partial charge >= 0.3 is 0 Å². The number of para-hydroxylation sites is 2. The van der Waals surface area contributed by atoms with Crippen molar-refractivity contribution in [1.82, 2.24) is 20.2 Å². The van der Waals surface area contributed by atoms with E-state index in [1.165, 1.54) is 11.8 Å². The molecule has 7 heteroatoms. The van der Waals surface area contributed by atoms with Gasteiger partial charge in [0.2, 0.25) is 11.1 Å². The number of thioether (sulfide) groups is 1. The molecule has 0 aliphatic rings. The van der Waals surface area contributed by atoms with Crippen molar-refractivity contribution in [1.29, 1.82) is 0 Å². The van der Waals surface area contributed by atoms with Crippen molar-refractivity contribution in [2.75, 3.05) is 11.1 Å². The molecule has 2 aromatic carbocycles. The first kappa shape index (κ1) is 17.2. The molecule has 128 valence electrons. The van der Waals surface area contributed by atoms with Crippen LogP contribution in [0.2, 0.25) is 0 Å². The lowest BCUT2D eigenvalue weighted by Gasteiger charge is -2.08. The largest absolute Gasteiger partial charge is 0.326 e. The van der Waals surface area contributed by atoms with Crippen LogP contribution in [-0.4, -0.2) is 31.9 Å². The third-order valence-electron chi connectivity index (χ3n) is 3.76. The van der Waals surface area contributed by atoms with E-state index in [2.05, 4.69) is 20.8 Å². The molecule has 1 amide bonds. The third kappa shape index (κ3) is 4.24. The maximum Gasteiger partial charge on any atom is 0.225 e. The van der Waals surface area contributed by atoms with Crippen LogP contribution in [0.15, 0.2) is 53.7 Å². The number of aryl methyl sites for hydroxylation is 2. The van der Waals surface area contributed by atoms with Crippen LogP contribution >= 0.6 is 11.8 Å². The number of nitrogens with one attached hydrogen (secondary N) is 1. The first-order valence-corrected chi connectivity index (χ1v) is 8.96. The predicted octanol–water partition coefficient (Wildman–Crippen LogP) is 3.40. The Balaban J connectivity index is 1.58. The Bertz CT molecular complexity index is 877. The number of rotatable bonds is 6. The summed E-state index contributed by atoms with van der Waals surface area (Å²) in [5, 5.41) is 15.5. The van der Waals surface area contributed by atoms with Crippen LogP contribution in [0, 0.1) is 13.8 Å². The van der Waals surface area contributed by atoms with Gasteiger partial charge in [-0.1, -0.05) is 48.2 Å². The maximum atomic E-state index is 12.1. The van der Waals surface area contributed by atoms with Gasteiger partial charge in [-0.25, -0.2) is 0 Å². The maximum absolute atomic E-state index is 12.1. The quantitative estimate of drug-likeness (QED) is 0.688. The molecule has 0 aliphatic carbocycles. The minimum Gasteiger partial charge on any atom is -0.326 e. The fourth-order valence-electron chi connectivity index (χ4n) is 2.38. The zero-order valence-electron chi connectivity index (χ0n) is 14.1. The summed E-state index contributed by atoms with van der Waals surface area (Å²) in [4.78, 5) is 12.1. The highest BCUT2D eigenvalue weighted by Crippen LogP contribution is 2.21. The van der Waals surface area contributed by atoms with Crippen LogP contribution in [0.4, 0.5) is 5.69 Å². The summed E-state index contributed by atoms with van der Waals surface area (Å²) < 4.78 is 1.71. The molecule has 0 fully saturated rings. The molecule has 1 N–H and O–H groups in total. The van der Waals surface area contributed by atoms with Gasteiger partial charge in [-0.2, -0.15) is 4.68 Å². The summed E-state index contributed by atoms with van der Waals surface area (Å²) in [6.45, 7) is 3.99. The Labute approximate surface area is 150 Å². The van der Waals surface area contributed by atoms with Crippen LogP contribution < -0.4 is 5.32 Å². The molecular formula is C18H19N5OS. The standard InChI is InChI=1S/C18H19N5OS/c1-13-7-3-5-9-15(13)19-17(24)11-12-25-18-20-21-22-23(18)16-10-6-4-8-14(16)2/h3-10H,11-12H2,1-2H3,(H,19,24). The third-order valence-corrected chi connectivity index (χ3v) is 4.69. The number of carbonyl (C=O) groups excluding carboxylic acids is 1. The van der Waals surface area contributed by atoms with Crippen molar-refractivity contribution in [3.8, 4) is 5.69 Å². The highest BCUT2D eigenvalue weighted by molar-refractivity contribution is 7.99. The van der Waals surface area contributed by atoms with Gasteiger partial charge in [0, 0.05) is 17.9 Å². The summed E-state index contributed by atoms with van der Waals surface area (Å²) in [7, 11) is 0. The number of nitrogens with zero attached hydrogens (tertiary/aromatic N) is 4. The second kappa shape index (κ2) is 7.94. The number of aromatic nitrogens is 4. The van der Waals surface area contributed by atoms with Crippen molar-refractivity contribution in [2.45, 2.75) is 25.4 Å². The zero-order chi connectivity index (χ0) is 17.6. The highest BCUT2D eigenvalue weighted by atomic mass is 32.2. The van der Waals surface area contributed by atoms with Crippen molar-refractivity contribution in [3.05, 3.63) is 59.7 Å². The Morgan fingerprint density at radius 2 is 1.80 bits per heavy atom. The lowest BCUT2D eigenvalue weighted by molar-refractivity contribution is -0.115. The van der Waals surface area contributed by atoms with Gasteiger partial charge in [0.25, 0.3) is 0 Å². The predicted molar refractivity (Wildman–Crippen MR) is 99.0 cm³/mol. The number of tetrazole rings is 1. The van der Waals surface area contributed by atoms with Gasteiger partial charge in [0.15, 0.2) is 0 Å². The van der Waals surface area contributed by atoms with Crippen molar-refractivity contribution in [2.24, 2.45) is 0 Å². The lowest BCUT2D eigenvalue weighted by Crippen LogP contribution is -2.13. The van der Waals surface area contributed by atoms with Crippen molar-refractivity contribution >= 4 is 23.4 Å². The number of hydrogen-bond donors (Lipinski definition) is 1. The van der Waals surface area contributed by atoms with E-state index in [-0.39, 0.29) is 5.91 Å². The number of hydrogen-bond acceptors (Lipinski definition) is 5. The molecule has 25 heavy (non-hydrogen) atoms. The molecule has 0 atom stereocenters. The molecule has 3 aromatic rings. The normalized spacial score (nSPS) is 10.6. The second-order valence-corrected chi connectivity index (χ2v) is 6.68. The number of anilines is 1. The zero-order valence-corrected chi connectivity index (χ0v) is 15.0. The fraction of sp³-hybridized carbons (Fsp3) is 0.222. The molecule has 1 heterocycles. The Morgan fingerprint density at radius 1 is 1.08 bits per heavy atom. The molecule has 0 bridgehead atoms. The van der Waals surface area contributed by atoms with E-state index in [1.54, 1.807) is 4.68 Å². The van der Waals surface area contributed by atoms with Crippen molar-refractivity contribution in [3.63, 3.8) is 0 Å². The lowest BCUT2D eigenvalue weighted by atomic mass is 10.2. The van der Waals surface area contributed by atoms with Crippen LogP contribution in [0.1, 0.15) is 17.5 Å².